The van der Waals surface area contributed by atoms with Gasteiger partial charge in [0.15, 0.2) is 4.34 Å². The highest BCUT2D eigenvalue weighted by atomic mass is 32.2. The Hall–Kier alpha value is -1.60. The van der Waals surface area contributed by atoms with Crippen LogP contribution in [0.15, 0.2) is 28.6 Å². The monoisotopic (exact) mass is 350 g/mol. The second kappa shape index (κ2) is 8.88. The van der Waals surface area contributed by atoms with Gasteiger partial charge in [-0.05, 0) is 31.9 Å². The second-order valence-corrected chi connectivity index (χ2v) is 7.56. The smallest absolute Gasteiger partial charge is 0.230 e. The number of anilines is 2. The van der Waals surface area contributed by atoms with Crippen LogP contribution in [-0.4, -0.2) is 27.9 Å². The fourth-order valence-electron chi connectivity index (χ4n) is 2.10. The van der Waals surface area contributed by atoms with E-state index in [2.05, 4.69) is 27.8 Å². The molecule has 2 rings (SSSR count). The lowest BCUT2D eigenvalue weighted by atomic mass is 10.2. The van der Waals surface area contributed by atoms with Crippen LogP contribution in [0.4, 0.5) is 10.8 Å². The van der Waals surface area contributed by atoms with Crippen molar-refractivity contribution >= 4 is 39.8 Å². The summed E-state index contributed by atoms with van der Waals surface area (Å²) in [7, 11) is 0. The molecule has 1 atom stereocenters. The summed E-state index contributed by atoms with van der Waals surface area (Å²) in [6, 6.07) is 8.25. The molecule has 0 aliphatic rings. The lowest BCUT2D eigenvalue weighted by Gasteiger charge is -2.11. The third kappa shape index (κ3) is 5.84. The normalized spacial score (nSPS) is 12.0. The molecule has 0 bridgehead atoms. The van der Waals surface area contributed by atoms with Crippen molar-refractivity contribution in [2.75, 3.05) is 11.1 Å². The summed E-state index contributed by atoms with van der Waals surface area (Å²) in [4.78, 5) is 11.9. The van der Waals surface area contributed by atoms with Crippen LogP contribution in [0, 0.1) is 6.92 Å². The zero-order chi connectivity index (χ0) is 16.7. The van der Waals surface area contributed by atoms with Gasteiger partial charge in [0.2, 0.25) is 11.0 Å². The molecule has 1 unspecified atom stereocenters. The van der Waals surface area contributed by atoms with E-state index in [1.165, 1.54) is 23.1 Å². The Morgan fingerprint density at radius 2 is 2.13 bits per heavy atom. The van der Waals surface area contributed by atoms with Gasteiger partial charge < -0.3 is 10.6 Å². The molecule has 0 radical (unpaired) electrons. The number of carbonyl (C=O) groups excluding carboxylic acids is 1. The molecule has 124 valence electrons. The van der Waals surface area contributed by atoms with Crippen molar-refractivity contribution in [1.82, 2.24) is 15.5 Å². The Kier molecular flexibility index (Phi) is 6.85. The number of hydrogen-bond acceptors (Lipinski definition) is 6. The van der Waals surface area contributed by atoms with Crippen LogP contribution in [0.25, 0.3) is 0 Å². The predicted octanol–water partition coefficient (Wildman–Crippen LogP) is 3.99. The average Bonchev–Trinajstić information content (AvgIpc) is 2.95. The van der Waals surface area contributed by atoms with E-state index in [-0.39, 0.29) is 11.9 Å². The van der Waals surface area contributed by atoms with E-state index >= 15 is 0 Å². The highest BCUT2D eigenvalue weighted by Crippen LogP contribution is 2.28. The van der Waals surface area contributed by atoms with Crippen molar-refractivity contribution < 1.29 is 4.79 Å². The number of aryl methyl sites for hydroxylation is 1. The summed E-state index contributed by atoms with van der Waals surface area (Å²) in [6.07, 6.45) is 2.07. The Labute approximate surface area is 145 Å². The van der Waals surface area contributed by atoms with Crippen LogP contribution in [0.1, 0.15) is 32.3 Å². The lowest BCUT2D eigenvalue weighted by Crippen LogP contribution is -2.33. The standard InChI is InChI=1S/C16H22N4OS2/c1-4-7-12(3)17-14(21)10-22-16-20-19-15(23-16)18-13-9-6-5-8-11(13)2/h5-6,8-9,12H,4,7,10H2,1-3H3,(H,17,21)(H,18,19). The summed E-state index contributed by atoms with van der Waals surface area (Å²) in [5, 5.41) is 15.2. The zero-order valence-electron chi connectivity index (χ0n) is 13.6. The third-order valence-electron chi connectivity index (χ3n) is 3.25. The number of carbonyl (C=O) groups is 1. The van der Waals surface area contributed by atoms with Crippen molar-refractivity contribution in [2.45, 2.75) is 44.0 Å². The SMILES string of the molecule is CCCC(C)NC(=O)CSc1nnc(Nc2ccccc2C)s1. The summed E-state index contributed by atoms with van der Waals surface area (Å²) in [6.45, 7) is 6.18. The molecule has 7 heteroatoms. The molecule has 2 N–H and O–H groups in total. The van der Waals surface area contributed by atoms with Gasteiger partial charge in [-0.2, -0.15) is 0 Å². The van der Waals surface area contributed by atoms with Gasteiger partial charge in [0, 0.05) is 11.7 Å². The first-order valence-electron chi connectivity index (χ1n) is 7.66. The van der Waals surface area contributed by atoms with E-state index < -0.39 is 0 Å². The number of thioether (sulfide) groups is 1. The average molecular weight is 351 g/mol. The second-order valence-electron chi connectivity index (χ2n) is 5.36. The van der Waals surface area contributed by atoms with Crippen molar-refractivity contribution in [3.63, 3.8) is 0 Å². The molecule has 1 aromatic heterocycles. The number of amides is 1. The minimum Gasteiger partial charge on any atom is -0.353 e. The fraction of sp³-hybridized carbons (Fsp3) is 0.438. The van der Waals surface area contributed by atoms with E-state index in [1.54, 1.807) is 0 Å². The van der Waals surface area contributed by atoms with Gasteiger partial charge in [-0.25, -0.2) is 0 Å². The van der Waals surface area contributed by atoms with Crippen LogP contribution >= 0.6 is 23.1 Å². The maximum atomic E-state index is 11.9. The first-order valence-corrected chi connectivity index (χ1v) is 9.47. The molecule has 0 saturated carbocycles. The largest absolute Gasteiger partial charge is 0.353 e. The van der Waals surface area contributed by atoms with E-state index in [0.29, 0.717) is 5.75 Å². The molecule has 1 heterocycles. The zero-order valence-corrected chi connectivity index (χ0v) is 15.3. The van der Waals surface area contributed by atoms with Gasteiger partial charge in [-0.15, -0.1) is 10.2 Å². The van der Waals surface area contributed by atoms with Gasteiger partial charge in [-0.1, -0.05) is 54.6 Å². The quantitative estimate of drug-likeness (QED) is 0.705. The minimum absolute atomic E-state index is 0.0413. The van der Waals surface area contributed by atoms with Gasteiger partial charge in [0.05, 0.1) is 5.75 Å². The minimum atomic E-state index is 0.0413. The Bertz CT molecular complexity index is 645. The number of nitrogens with zero attached hydrogens (tertiary/aromatic N) is 2. The van der Waals surface area contributed by atoms with Crippen LogP contribution < -0.4 is 10.6 Å². The molecule has 23 heavy (non-hydrogen) atoms. The number of aromatic nitrogens is 2. The first-order chi connectivity index (χ1) is 11.1. The molecule has 1 amide bonds. The van der Waals surface area contributed by atoms with Crippen LogP contribution in [0.2, 0.25) is 0 Å². The third-order valence-corrected chi connectivity index (χ3v) is 5.22. The van der Waals surface area contributed by atoms with Crippen molar-refractivity contribution in [2.24, 2.45) is 0 Å². The van der Waals surface area contributed by atoms with Gasteiger partial charge >= 0.3 is 0 Å². The first kappa shape index (κ1) is 17.7. The van der Waals surface area contributed by atoms with Crippen molar-refractivity contribution in [3.05, 3.63) is 29.8 Å². The number of para-hydroxylation sites is 1. The number of rotatable bonds is 8. The van der Waals surface area contributed by atoms with Crippen molar-refractivity contribution in [1.29, 1.82) is 0 Å². The van der Waals surface area contributed by atoms with E-state index in [1.807, 2.05) is 38.1 Å². The Morgan fingerprint density at radius 3 is 2.87 bits per heavy atom. The Morgan fingerprint density at radius 1 is 1.35 bits per heavy atom. The van der Waals surface area contributed by atoms with E-state index in [0.717, 1.165) is 33.6 Å². The summed E-state index contributed by atoms with van der Waals surface area (Å²) in [5.41, 5.74) is 2.17. The molecule has 0 fully saturated rings. The molecule has 0 aliphatic heterocycles. The predicted molar refractivity (Wildman–Crippen MR) is 97.6 cm³/mol. The summed E-state index contributed by atoms with van der Waals surface area (Å²) < 4.78 is 0.791. The van der Waals surface area contributed by atoms with Crippen LogP contribution in [-0.2, 0) is 4.79 Å². The van der Waals surface area contributed by atoms with Gasteiger partial charge in [0.25, 0.3) is 0 Å². The highest BCUT2D eigenvalue weighted by Gasteiger charge is 2.10. The molecule has 5 nitrogen and oxygen atoms in total. The van der Waals surface area contributed by atoms with Crippen LogP contribution in [0.5, 0.6) is 0 Å². The molecular weight excluding hydrogens is 328 g/mol. The Balaban J connectivity index is 1.83. The molecular formula is C16H22N4OS2. The van der Waals surface area contributed by atoms with Crippen molar-refractivity contribution in [3.8, 4) is 0 Å². The lowest BCUT2D eigenvalue weighted by molar-refractivity contribution is -0.119. The number of hydrogen-bond donors (Lipinski definition) is 2. The van der Waals surface area contributed by atoms with E-state index in [4.69, 9.17) is 0 Å². The number of nitrogens with one attached hydrogen (secondary N) is 2. The van der Waals surface area contributed by atoms with Crippen LogP contribution in [0.3, 0.4) is 0 Å². The maximum absolute atomic E-state index is 11.9. The number of benzene rings is 1. The molecule has 0 aliphatic carbocycles. The molecule has 0 saturated heterocycles. The highest BCUT2D eigenvalue weighted by molar-refractivity contribution is 8.01. The summed E-state index contributed by atoms with van der Waals surface area (Å²) >= 11 is 2.87. The molecule has 2 aromatic rings. The topological polar surface area (TPSA) is 66.9 Å². The fourth-order valence-corrected chi connectivity index (χ4v) is 3.67. The molecule has 0 spiro atoms. The molecule has 1 aromatic carbocycles. The maximum Gasteiger partial charge on any atom is 0.230 e. The van der Waals surface area contributed by atoms with Gasteiger partial charge in [0.1, 0.15) is 0 Å². The van der Waals surface area contributed by atoms with E-state index in [9.17, 15) is 4.79 Å². The van der Waals surface area contributed by atoms with Gasteiger partial charge in [-0.3, -0.25) is 4.79 Å². The summed E-state index contributed by atoms with van der Waals surface area (Å²) in [5.74, 6) is 0.409.